The summed E-state index contributed by atoms with van der Waals surface area (Å²) >= 11 is 1.38. The smallest absolute Gasteiger partial charge is 0.278 e. The zero-order valence-electron chi connectivity index (χ0n) is 20.4. The summed E-state index contributed by atoms with van der Waals surface area (Å²) < 4.78 is 37.5. The molecule has 6 nitrogen and oxygen atoms in total. The van der Waals surface area contributed by atoms with Crippen LogP contribution in [0.15, 0.2) is 36.5 Å². The Morgan fingerprint density at radius 2 is 2.17 bits per heavy atom. The van der Waals surface area contributed by atoms with Gasteiger partial charge in [0.25, 0.3) is 11.1 Å². The minimum atomic E-state index is -2.86. The van der Waals surface area contributed by atoms with Gasteiger partial charge >= 0.3 is 0 Å². The first-order chi connectivity index (χ1) is 17.3. The van der Waals surface area contributed by atoms with Crippen LogP contribution in [-0.4, -0.2) is 59.0 Å². The number of ether oxygens (including phenoxy) is 2. The molecule has 0 saturated carbocycles. The topological polar surface area (TPSA) is 64.5 Å². The molecule has 2 aromatic heterocycles. The van der Waals surface area contributed by atoms with Gasteiger partial charge in [-0.05, 0) is 43.7 Å². The van der Waals surface area contributed by atoms with Gasteiger partial charge in [-0.25, -0.2) is 13.8 Å². The van der Waals surface area contributed by atoms with E-state index in [1.807, 2.05) is 30.3 Å². The molecule has 36 heavy (non-hydrogen) atoms. The van der Waals surface area contributed by atoms with Crippen molar-refractivity contribution in [3.63, 3.8) is 0 Å². The number of benzene rings is 1. The second kappa shape index (κ2) is 10.9. The zero-order valence-corrected chi connectivity index (χ0v) is 21.2. The first kappa shape index (κ1) is 25.2. The van der Waals surface area contributed by atoms with Gasteiger partial charge in [0.15, 0.2) is 12.4 Å². The molecule has 0 bridgehead atoms. The summed E-state index contributed by atoms with van der Waals surface area (Å²) in [5, 5.41) is 1.24. The van der Waals surface area contributed by atoms with Crippen molar-refractivity contribution < 1.29 is 23.0 Å². The lowest BCUT2D eigenvalue weighted by molar-refractivity contribution is -0.0249. The minimum absolute atomic E-state index is 0.152. The number of aromatic nitrogens is 2. The number of halogens is 2. The van der Waals surface area contributed by atoms with E-state index in [1.54, 1.807) is 6.20 Å². The average Bonchev–Trinajstić information content (AvgIpc) is 3.29. The molecule has 2 aliphatic rings. The lowest BCUT2D eigenvalue weighted by Gasteiger charge is -2.31. The highest BCUT2D eigenvalue weighted by Crippen LogP contribution is 2.31. The first-order valence-corrected chi connectivity index (χ1v) is 13.4. The van der Waals surface area contributed by atoms with Crippen LogP contribution in [0, 0.1) is 5.92 Å². The molecule has 0 amide bonds. The van der Waals surface area contributed by atoms with Gasteiger partial charge in [-0.3, -0.25) is 14.7 Å². The zero-order chi connectivity index (χ0) is 25.1. The Balaban J connectivity index is 1.06. The fraction of sp³-hybridized carbons (Fsp3) is 0.519. The average molecular weight is 516 g/mol. The van der Waals surface area contributed by atoms with E-state index >= 15 is 0 Å². The number of hydrogen-bond donors (Lipinski definition) is 0. The molecular weight excluding hydrogens is 484 g/mol. The van der Waals surface area contributed by atoms with Gasteiger partial charge in [0.05, 0.1) is 23.9 Å². The lowest BCUT2D eigenvalue weighted by atomic mass is 9.90. The second-order valence-electron chi connectivity index (χ2n) is 9.93. The highest BCUT2D eigenvalue weighted by molar-refractivity contribution is 7.13. The van der Waals surface area contributed by atoms with Crippen LogP contribution in [0.5, 0.6) is 5.19 Å². The predicted octanol–water partition coefficient (Wildman–Crippen LogP) is 5.54. The maximum Gasteiger partial charge on any atom is 0.278 e. The van der Waals surface area contributed by atoms with Gasteiger partial charge in [0, 0.05) is 55.0 Å². The van der Waals surface area contributed by atoms with Crippen LogP contribution in [0.25, 0.3) is 10.9 Å². The van der Waals surface area contributed by atoms with Gasteiger partial charge in [0.1, 0.15) is 0 Å². The summed E-state index contributed by atoms with van der Waals surface area (Å²) in [5.41, 5.74) is 2.52. The van der Waals surface area contributed by atoms with Gasteiger partial charge < -0.3 is 9.47 Å². The largest absolute Gasteiger partial charge is 0.464 e. The molecular formula is C27H31F2N3O3S. The molecule has 0 unspecified atom stereocenters. The van der Waals surface area contributed by atoms with Crippen LogP contribution in [0.1, 0.15) is 53.5 Å². The van der Waals surface area contributed by atoms with Gasteiger partial charge in [-0.2, -0.15) is 0 Å². The maximum atomic E-state index is 13.1. The third-order valence-corrected chi connectivity index (χ3v) is 7.96. The Kier molecular flexibility index (Phi) is 7.60. The molecule has 1 aromatic carbocycles. The molecule has 2 atom stereocenters. The number of Topliss-reactive ketones (excluding diaryl/α,β-unsaturated/α-hetero) is 1. The number of rotatable bonds is 9. The van der Waals surface area contributed by atoms with Crippen molar-refractivity contribution >= 4 is 28.0 Å². The van der Waals surface area contributed by atoms with E-state index in [0.29, 0.717) is 24.8 Å². The van der Waals surface area contributed by atoms with E-state index in [2.05, 4.69) is 14.9 Å². The van der Waals surface area contributed by atoms with Crippen molar-refractivity contribution in [2.75, 3.05) is 26.3 Å². The molecule has 0 aliphatic carbocycles. The molecule has 0 N–H and O–H groups in total. The van der Waals surface area contributed by atoms with Crippen LogP contribution in [0.3, 0.4) is 0 Å². The normalized spacial score (nSPS) is 20.9. The Bertz CT molecular complexity index is 1200. The SMILES string of the molecule is CC(F)(F)COc1nc2c(s1)CCN(CC[C@H]1CC[C@H](CC(=O)c3cccc4ncccc34)CO1)C2. The van der Waals surface area contributed by atoms with Crippen molar-refractivity contribution in [1.29, 1.82) is 0 Å². The Morgan fingerprint density at radius 3 is 2.97 bits per heavy atom. The van der Waals surface area contributed by atoms with Gasteiger partial charge in [-0.15, -0.1) is 0 Å². The molecule has 5 rings (SSSR count). The second-order valence-corrected chi connectivity index (χ2v) is 11.0. The number of pyridine rings is 1. The third-order valence-electron chi connectivity index (χ3n) is 6.89. The number of nitrogens with zero attached hydrogens (tertiary/aromatic N) is 3. The highest BCUT2D eigenvalue weighted by Gasteiger charge is 2.28. The fourth-order valence-corrected chi connectivity index (χ4v) is 5.87. The summed E-state index contributed by atoms with van der Waals surface area (Å²) in [6.45, 7) is 3.34. The summed E-state index contributed by atoms with van der Waals surface area (Å²) in [6.07, 6.45) is 6.16. The van der Waals surface area contributed by atoms with Gasteiger partial charge in [-0.1, -0.05) is 29.5 Å². The molecule has 4 heterocycles. The van der Waals surface area contributed by atoms with Crippen molar-refractivity contribution in [3.05, 3.63) is 52.7 Å². The van der Waals surface area contributed by atoms with Crippen molar-refractivity contribution in [1.82, 2.24) is 14.9 Å². The summed E-state index contributed by atoms with van der Waals surface area (Å²) in [6, 6.07) is 9.53. The standard InChI is InChI=1S/C27H31F2N3O3S/c1-27(28,29)17-35-26-31-23-15-32(13-10-25(23)36-26)12-9-19-8-7-18(16-34-19)14-24(33)21-4-2-6-22-20(21)5-3-11-30-22/h2-6,11,18-19H,7-10,12-17H2,1H3/t18-,19-/m1/s1. The number of carbonyl (C=O) groups is 1. The van der Waals surface area contributed by atoms with Crippen molar-refractivity contribution in [3.8, 4) is 5.19 Å². The monoisotopic (exact) mass is 515 g/mol. The predicted molar refractivity (Wildman–Crippen MR) is 135 cm³/mol. The summed E-state index contributed by atoms with van der Waals surface area (Å²) in [5.74, 6) is -2.47. The van der Waals surface area contributed by atoms with E-state index in [9.17, 15) is 13.6 Å². The molecule has 0 spiro atoms. The molecule has 192 valence electrons. The molecule has 2 aliphatic heterocycles. The first-order valence-electron chi connectivity index (χ1n) is 12.5. The van der Waals surface area contributed by atoms with E-state index < -0.39 is 12.5 Å². The van der Waals surface area contributed by atoms with Gasteiger partial charge in [0.2, 0.25) is 0 Å². The number of ketones is 1. The van der Waals surface area contributed by atoms with Crippen LogP contribution in [0.4, 0.5) is 8.78 Å². The summed E-state index contributed by atoms with van der Waals surface area (Å²) in [7, 11) is 0. The fourth-order valence-electron chi connectivity index (χ4n) is 4.96. The molecule has 1 saturated heterocycles. The van der Waals surface area contributed by atoms with Crippen LogP contribution in [-0.2, 0) is 17.7 Å². The molecule has 9 heteroatoms. The number of thiazole rings is 1. The highest BCUT2D eigenvalue weighted by atomic mass is 32.1. The van der Waals surface area contributed by atoms with E-state index in [-0.39, 0.29) is 17.8 Å². The van der Waals surface area contributed by atoms with Crippen molar-refractivity contribution in [2.45, 2.75) is 57.6 Å². The number of fused-ring (bicyclic) bond motifs is 2. The van der Waals surface area contributed by atoms with E-state index in [4.69, 9.17) is 9.47 Å². The maximum absolute atomic E-state index is 13.1. The van der Waals surface area contributed by atoms with Crippen LogP contribution < -0.4 is 4.74 Å². The molecule has 1 fully saturated rings. The van der Waals surface area contributed by atoms with E-state index in [1.165, 1.54) is 11.3 Å². The molecule has 0 radical (unpaired) electrons. The number of carbonyl (C=O) groups excluding carboxylic acids is 1. The summed E-state index contributed by atoms with van der Waals surface area (Å²) in [4.78, 5) is 25.2. The van der Waals surface area contributed by atoms with E-state index in [0.717, 1.165) is 72.7 Å². The van der Waals surface area contributed by atoms with Crippen molar-refractivity contribution in [2.24, 2.45) is 5.92 Å². The Hall–Kier alpha value is -2.49. The number of hydrogen-bond acceptors (Lipinski definition) is 7. The Labute approximate surface area is 213 Å². The third kappa shape index (κ3) is 6.25. The molecule has 3 aromatic rings. The lowest BCUT2D eigenvalue weighted by Crippen LogP contribution is -2.35. The van der Waals surface area contributed by atoms with Crippen LogP contribution >= 0.6 is 11.3 Å². The minimum Gasteiger partial charge on any atom is -0.464 e. The van der Waals surface area contributed by atoms with Crippen LogP contribution in [0.2, 0.25) is 0 Å². The number of alkyl halides is 2. The quantitative estimate of drug-likeness (QED) is 0.349. The Morgan fingerprint density at radius 1 is 1.28 bits per heavy atom.